The lowest BCUT2D eigenvalue weighted by Gasteiger charge is -2.18. The van der Waals surface area contributed by atoms with Crippen molar-refractivity contribution in [2.45, 2.75) is 6.18 Å². The summed E-state index contributed by atoms with van der Waals surface area (Å²) < 4.78 is 44.0. The topological polar surface area (TPSA) is 85.4 Å². The van der Waals surface area contributed by atoms with Crippen molar-refractivity contribution in [2.24, 2.45) is 10.7 Å². The summed E-state index contributed by atoms with van der Waals surface area (Å²) in [5.41, 5.74) is 7.35. The summed E-state index contributed by atoms with van der Waals surface area (Å²) in [6.45, 7) is 0.446. The SMILES string of the molecule is NC1=Nc2c(cccc2Oc2cc(-c3ccc(C(F)(F)F)cc3)ncn2)NC1. The van der Waals surface area contributed by atoms with Crippen LogP contribution >= 0.6 is 0 Å². The number of nitrogens with one attached hydrogen (secondary N) is 1. The van der Waals surface area contributed by atoms with Gasteiger partial charge in [0.15, 0.2) is 5.75 Å². The van der Waals surface area contributed by atoms with Crippen LogP contribution in [0.3, 0.4) is 0 Å². The normalized spacial score (nSPS) is 13.3. The molecule has 0 fully saturated rings. The second-order valence-corrected chi connectivity index (χ2v) is 6.03. The first-order chi connectivity index (χ1) is 13.4. The highest BCUT2D eigenvalue weighted by atomic mass is 19.4. The van der Waals surface area contributed by atoms with Gasteiger partial charge in [0, 0.05) is 11.6 Å². The summed E-state index contributed by atoms with van der Waals surface area (Å²) in [5, 5.41) is 3.13. The van der Waals surface area contributed by atoms with Crippen LogP contribution in [0.2, 0.25) is 0 Å². The molecule has 0 aliphatic carbocycles. The van der Waals surface area contributed by atoms with Crippen molar-refractivity contribution in [1.82, 2.24) is 9.97 Å². The number of alkyl halides is 3. The Bertz CT molecular complexity index is 1050. The third-order valence-corrected chi connectivity index (χ3v) is 4.08. The third-order valence-electron chi connectivity index (χ3n) is 4.08. The highest BCUT2D eigenvalue weighted by Crippen LogP contribution is 2.39. The van der Waals surface area contributed by atoms with E-state index in [0.29, 0.717) is 35.1 Å². The van der Waals surface area contributed by atoms with Gasteiger partial charge >= 0.3 is 6.18 Å². The third kappa shape index (κ3) is 3.59. The Kier molecular flexibility index (Phi) is 4.34. The smallest absolute Gasteiger partial charge is 0.416 e. The predicted octanol–water partition coefficient (Wildman–Crippen LogP) is 4.37. The van der Waals surface area contributed by atoms with Crippen LogP contribution in [0.4, 0.5) is 24.5 Å². The number of fused-ring (bicyclic) bond motifs is 1. The standard InChI is InChI=1S/C19H14F3N5O/c20-19(21,22)12-6-4-11(5-7-12)14-8-17(26-10-25-14)28-15-3-1-2-13-18(15)27-16(23)9-24-13/h1-8,10,24H,9H2,(H2,23,27). The van der Waals surface area contributed by atoms with Gasteiger partial charge in [-0.25, -0.2) is 15.0 Å². The number of anilines is 1. The molecule has 0 bridgehead atoms. The van der Waals surface area contributed by atoms with Crippen LogP contribution in [0.5, 0.6) is 11.6 Å². The largest absolute Gasteiger partial charge is 0.437 e. The average Bonchev–Trinajstić information content (AvgIpc) is 2.68. The van der Waals surface area contributed by atoms with Crippen molar-refractivity contribution in [3.8, 4) is 22.9 Å². The van der Waals surface area contributed by atoms with Gasteiger partial charge < -0.3 is 15.8 Å². The summed E-state index contributed by atoms with van der Waals surface area (Å²) >= 11 is 0. The van der Waals surface area contributed by atoms with Gasteiger partial charge in [-0.2, -0.15) is 13.2 Å². The quantitative estimate of drug-likeness (QED) is 0.699. The fourth-order valence-corrected chi connectivity index (χ4v) is 2.73. The van der Waals surface area contributed by atoms with Crippen molar-refractivity contribution in [2.75, 3.05) is 11.9 Å². The minimum absolute atomic E-state index is 0.234. The van der Waals surface area contributed by atoms with Crippen LogP contribution in [-0.4, -0.2) is 22.3 Å². The molecule has 4 rings (SSSR count). The van der Waals surface area contributed by atoms with Gasteiger partial charge in [0.1, 0.15) is 17.9 Å². The van der Waals surface area contributed by atoms with Gasteiger partial charge in [0.2, 0.25) is 5.88 Å². The van der Waals surface area contributed by atoms with E-state index in [0.717, 1.165) is 17.8 Å². The van der Waals surface area contributed by atoms with E-state index in [1.54, 1.807) is 18.2 Å². The number of hydrogen-bond donors (Lipinski definition) is 2. The first-order valence-corrected chi connectivity index (χ1v) is 8.27. The molecule has 0 amide bonds. The minimum Gasteiger partial charge on any atom is -0.437 e. The molecule has 28 heavy (non-hydrogen) atoms. The van der Waals surface area contributed by atoms with Gasteiger partial charge in [-0.05, 0) is 24.3 Å². The van der Waals surface area contributed by atoms with Gasteiger partial charge in [0.25, 0.3) is 0 Å². The maximum atomic E-state index is 12.7. The molecule has 9 heteroatoms. The number of ether oxygens (including phenoxy) is 1. The number of halogens is 3. The molecule has 1 aliphatic rings. The molecule has 3 N–H and O–H groups in total. The second-order valence-electron chi connectivity index (χ2n) is 6.03. The van der Waals surface area contributed by atoms with E-state index < -0.39 is 11.7 Å². The monoisotopic (exact) mass is 385 g/mol. The molecule has 0 unspecified atom stereocenters. The zero-order chi connectivity index (χ0) is 19.7. The molecule has 2 aromatic carbocycles. The number of rotatable bonds is 3. The Hall–Kier alpha value is -3.62. The van der Waals surface area contributed by atoms with Crippen LogP contribution in [0.15, 0.2) is 59.9 Å². The van der Waals surface area contributed by atoms with Gasteiger partial charge in [-0.1, -0.05) is 18.2 Å². The van der Waals surface area contributed by atoms with Gasteiger partial charge in [0.05, 0.1) is 23.5 Å². The number of hydrogen-bond acceptors (Lipinski definition) is 6. The predicted molar refractivity (Wildman–Crippen MR) is 98.8 cm³/mol. The Balaban J connectivity index is 1.63. The number of nitrogens with zero attached hydrogens (tertiary/aromatic N) is 3. The summed E-state index contributed by atoms with van der Waals surface area (Å²) in [6.07, 6.45) is -3.10. The molecule has 3 aromatic rings. The van der Waals surface area contributed by atoms with Crippen molar-refractivity contribution in [3.05, 3.63) is 60.4 Å². The van der Waals surface area contributed by atoms with E-state index in [4.69, 9.17) is 10.5 Å². The van der Waals surface area contributed by atoms with Gasteiger partial charge in [-0.3, -0.25) is 0 Å². The molecule has 0 atom stereocenters. The summed E-state index contributed by atoms with van der Waals surface area (Å²) in [5.74, 6) is 1.11. The Morgan fingerprint density at radius 1 is 1.04 bits per heavy atom. The molecule has 0 saturated heterocycles. The molecule has 0 radical (unpaired) electrons. The second kappa shape index (κ2) is 6.84. The van der Waals surface area contributed by atoms with Crippen LogP contribution in [-0.2, 0) is 6.18 Å². The van der Waals surface area contributed by atoms with Crippen molar-refractivity contribution >= 4 is 17.2 Å². The van der Waals surface area contributed by atoms with E-state index >= 15 is 0 Å². The fourth-order valence-electron chi connectivity index (χ4n) is 2.73. The maximum absolute atomic E-state index is 12.7. The molecule has 142 valence electrons. The number of para-hydroxylation sites is 1. The fraction of sp³-hybridized carbons (Fsp3) is 0.105. The lowest BCUT2D eigenvalue weighted by Crippen LogP contribution is -2.25. The zero-order valence-corrected chi connectivity index (χ0v) is 14.4. The number of aromatic nitrogens is 2. The number of aliphatic imine (C=N–C) groups is 1. The molecule has 2 heterocycles. The minimum atomic E-state index is -4.39. The lowest BCUT2D eigenvalue weighted by atomic mass is 10.1. The van der Waals surface area contributed by atoms with Crippen LogP contribution in [0.25, 0.3) is 11.3 Å². The molecular weight excluding hydrogens is 371 g/mol. The summed E-state index contributed by atoms with van der Waals surface area (Å²) in [6, 6.07) is 11.7. The number of benzene rings is 2. The Morgan fingerprint density at radius 3 is 2.57 bits per heavy atom. The van der Waals surface area contributed by atoms with E-state index in [-0.39, 0.29) is 5.88 Å². The lowest BCUT2D eigenvalue weighted by molar-refractivity contribution is -0.137. The van der Waals surface area contributed by atoms with Crippen molar-refractivity contribution in [1.29, 1.82) is 0 Å². The van der Waals surface area contributed by atoms with Crippen molar-refractivity contribution < 1.29 is 17.9 Å². The van der Waals surface area contributed by atoms with Crippen LogP contribution in [0, 0.1) is 0 Å². The maximum Gasteiger partial charge on any atom is 0.416 e. The molecule has 6 nitrogen and oxygen atoms in total. The first-order valence-electron chi connectivity index (χ1n) is 8.27. The molecule has 0 saturated carbocycles. The average molecular weight is 385 g/mol. The van der Waals surface area contributed by atoms with Crippen molar-refractivity contribution in [3.63, 3.8) is 0 Å². The Morgan fingerprint density at radius 2 is 1.82 bits per heavy atom. The summed E-state index contributed by atoms with van der Waals surface area (Å²) in [7, 11) is 0. The molecular formula is C19H14F3N5O. The van der Waals surface area contributed by atoms with Crippen LogP contribution < -0.4 is 15.8 Å². The van der Waals surface area contributed by atoms with E-state index in [9.17, 15) is 13.2 Å². The van der Waals surface area contributed by atoms with Crippen LogP contribution in [0.1, 0.15) is 5.56 Å². The van der Waals surface area contributed by atoms with E-state index in [2.05, 4.69) is 20.3 Å². The molecule has 1 aliphatic heterocycles. The number of amidine groups is 1. The highest BCUT2D eigenvalue weighted by Gasteiger charge is 2.30. The summed E-state index contributed by atoms with van der Waals surface area (Å²) in [4.78, 5) is 12.5. The zero-order valence-electron chi connectivity index (χ0n) is 14.4. The first kappa shape index (κ1) is 17.8. The Labute approximate surface area is 157 Å². The molecule has 1 aromatic heterocycles. The van der Waals surface area contributed by atoms with E-state index in [1.807, 2.05) is 6.07 Å². The van der Waals surface area contributed by atoms with E-state index in [1.165, 1.54) is 18.5 Å². The molecule has 0 spiro atoms. The van der Waals surface area contributed by atoms with Gasteiger partial charge in [-0.15, -0.1) is 0 Å². The number of nitrogens with two attached hydrogens (primary N) is 1. The highest BCUT2D eigenvalue weighted by molar-refractivity contribution is 5.94.